The van der Waals surface area contributed by atoms with Crippen molar-refractivity contribution in [1.82, 2.24) is 9.97 Å². The van der Waals surface area contributed by atoms with Crippen LogP contribution >= 0.6 is 0 Å². The van der Waals surface area contributed by atoms with Gasteiger partial charge in [-0.2, -0.15) is 0 Å². The summed E-state index contributed by atoms with van der Waals surface area (Å²) in [6.45, 7) is 0. The molecule has 0 fully saturated rings. The Labute approximate surface area is 116 Å². The maximum Gasteiger partial charge on any atom is 0.160 e. The van der Waals surface area contributed by atoms with E-state index in [1.807, 2.05) is 54.6 Å². The molecule has 2 aromatic carbocycles. The predicted octanol–water partition coefficient (Wildman–Crippen LogP) is 2.49. The first-order valence-electron chi connectivity index (χ1n) is 6.48. The molecule has 0 aliphatic heterocycles. The second-order valence-corrected chi connectivity index (χ2v) is 4.69. The van der Waals surface area contributed by atoms with Gasteiger partial charge in [0.15, 0.2) is 5.82 Å². The van der Waals surface area contributed by atoms with E-state index in [2.05, 4.69) is 9.97 Å². The molecule has 1 atom stereocenters. The zero-order valence-corrected chi connectivity index (χ0v) is 10.9. The van der Waals surface area contributed by atoms with E-state index < -0.39 is 6.10 Å². The van der Waals surface area contributed by atoms with Gasteiger partial charge in [-0.1, -0.05) is 42.5 Å². The molecule has 0 saturated heterocycles. The quantitative estimate of drug-likeness (QED) is 0.763. The van der Waals surface area contributed by atoms with Gasteiger partial charge in [-0.25, -0.2) is 9.97 Å². The Balaban J connectivity index is 1.93. The molecule has 3 rings (SSSR count). The average molecular weight is 265 g/mol. The lowest BCUT2D eigenvalue weighted by Gasteiger charge is -2.11. The number of rotatable bonds is 3. The zero-order chi connectivity index (χ0) is 13.9. The monoisotopic (exact) mass is 265 g/mol. The Hall–Kier alpha value is -2.46. The van der Waals surface area contributed by atoms with Crippen LogP contribution in [-0.2, 0) is 6.42 Å². The van der Waals surface area contributed by atoms with Gasteiger partial charge in [0.1, 0.15) is 11.9 Å². The molecule has 20 heavy (non-hydrogen) atoms. The van der Waals surface area contributed by atoms with Crippen LogP contribution < -0.4 is 5.73 Å². The van der Waals surface area contributed by atoms with Gasteiger partial charge in [-0.05, 0) is 17.7 Å². The van der Waals surface area contributed by atoms with Crippen LogP contribution in [0.2, 0.25) is 0 Å². The number of para-hydroxylation sites is 1. The predicted molar refractivity (Wildman–Crippen MR) is 79.1 cm³/mol. The van der Waals surface area contributed by atoms with Gasteiger partial charge in [0.2, 0.25) is 0 Å². The minimum absolute atomic E-state index is 0.366. The van der Waals surface area contributed by atoms with Crippen LogP contribution in [0.25, 0.3) is 10.9 Å². The van der Waals surface area contributed by atoms with Gasteiger partial charge >= 0.3 is 0 Å². The maximum atomic E-state index is 10.3. The number of nitrogen functional groups attached to an aromatic ring is 1. The number of aliphatic hydroxyl groups is 1. The number of benzene rings is 2. The lowest BCUT2D eigenvalue weighted by molar-refractivity contribution is 0.169. The zero-order valence-electron chi connectivity index (χ0n) is 10.9. The molecule has 100 valence electrons. The first-order chi connectivity index (χ1) is 9.74. The van der Waals surface area contributed by atoms with Crippen LogP contribution in [0.15, 0.2) is 54.6 Å². The van der Waals surface area contributed by atoms with Gasteiger partial charge in [-0.3, -0.25) is 0 Å². The van der Waals surface area contributed by atoms with E-state index in [-0.39, 0.29) is 0 Å². The molecular formula is C16H15N3O. The van der Waals surface area contributed by atoms with Crippen molar-refractivity contribution in [2.75, 3.05) is 5.73 Å². The van der Waals surface area contributed by atoms with Crippen molar-refractivity contribution >= 4 is 16.7 Å². The first-order valence-corrected chi connectivity index (χ1v) is 6.48. The summed E-state index contributed by atoms with van der Waals surface area (Å²) in [5.74, 6) is 0.766. The molecule has 4 heteroatoms. The Bertz CT molecular complexity index is 728. The molecule has 0 unspecified atom stereocenters. The van der Waals surface area contributed by atoms with E-state index in [4.69, 9.17) is 5.73 Å². The number of aliphatic hydroxyl groups excluding tert-OH is 1. The van der Waals surface area contributed by atoms with Crippen LogP contribution in [0.1, 0.15) is 17.5 Å². The number of anilines is 1. The molecule has 4 nitrogen and oxygen atoms in total. The second kappa shape index (κ2) is 5.27. The molecular weight excluding hydrogens is 250 g/mol. The first kappa shape index (κ1) is 12.6. The number of nitrogens with two attached hydrogens (primary N) is 1. The minimum Gasteiger partial charge on any atom is -0.385 e. The van der Waals surface area contributed by atoms with Gasteiger partial charge in [-0.15, -0.1) is 0 Å². The fourth-order valence-electron chi connectivity index (χ4n) is 2.20. The van der Waals surface area contributed by atoms with Crippen molar-refractivity contribution < 1.29 is 5.11 Å². The molecule has 1 aromatic heterocycles. The number of aromatic nitrogens is 2. The van der Waals surface area contributed by atoms with Gasteiger partial charge in [0.05, 0.1) is 5.52 Å². The van der Waals surface area contributed by atoms with Gasteiger partial charge in [0, 0.05) is 11.8 Å². The standard InChI is InChI=1S/C16H15N3O/c17-15-12-8-4-5-9-13(12)18-16(19-15)14(20)10-11-6-2-1-3-7-11/h1-9,14,20H,10H2,(H2,17,18,19)/t14-/m0/s1. The van der Waals surface area contributed by atoms with Crippen molar-refractivity contribution in [2.24, 2.45) is 0 Å². The summed E-state index contributed by atoms with van der Waals surface area (Å²) in [6, 6.07) is 17.3. The molecule has 1 heterocycles. The molecule has 0 aliphatic rings. The third-order valence-electron chi connectivity index (χ3n) is 3.22. The van der Waals surface area contributed by atoms with Crippen molar-refractivity contribution in [3.63, 3.8) is 0 Å². The summed E-state index contributed by atoms with van der Waals surface area (Å²) >= 11 is 0. The summed E-state index contributed by atoms with van der Waals surface area (Å²) in [7, 11) is 0. The number of hydrogen-bond acceptors (Lipinski definition) is 4. The molecule has 3 aromatic rings. The van der Waals surface area contributed by atoms with Crippen LogP contribution in [0.3, 0.4) is 0 Å². The van der Waals surface area contributed by atoms with E-state index >= 15 is 0 Å². The molecule has 0 saturated carbocycles. The van der Waals surface area contributed by atoms with E-state index in [9.17, 15) is 5.11 Å². The van der Waals surface area contributed by atoms with Crippen LogP contribution in [-0.4, -0.2) is 15.1 Å². The summed E-state index contributed by atoms with van der Waals surface area (Å²) in [4.78, 5) is 8.61. The van der Waals surface area contributed by atoms with E-state index in [1.165, 1.54) is 0 Å². The number of fused-ring (bicyclic) bond motifs is 1. The third-order valence-corrected chi connectivity index (χ3v) is 3.22. The van der Waals surface area contributed by atoms with Crippen LogP contribution in [0, 0.1) is 0 Å². The summed E-state index contributed by atoms with van der Waals surface area (Å²) in [5.41, 5.74) is 7.72. The normalized spacial score (nSPS) is 12.4. The highest BCUT2D eigenvalue weighted by Crippen LogP contribution is 2.21. The molecule has 0 bridgehead atoms. The largest absolute Gasteiger partial charge is 0.385 e. The summed E-state index contributed by atoms with van der Waals surface area (Å²) in [5, 5.41) is 11.1. The average Bonchev–Trinajstić information content (AvgIpc) is 2.48. The highest BCUT2D eigenvalue weighted by molar-refractivity contribution is 5.87. The van der Waals surface area contributed by atoms with Gasteiger partial charge in [0.25, 0.3) is 0 Å². The third kappa shape index (κ3) is 2.46. The molecule has 0 amide bonds. The minimum atomic E-state index is -0.760. The summed E-state index contributed by atoms with van der Waals surface area (Å²) in [6.07, 6.45) is -0.289. The lowest BCUT2D eigenvalue weighted by atomic mass is 10.1. The fraction of sp³-hybridized carbons (Fsp3) is 0.125. The SMILES string of the molecule is Nc1nc([C@@H](O)Cc2ccccc2)nc2ccccc12. The Kier molecular flexibility index (Phi) is 3.31. The Morgan fingerprint density at radius 2 is 1.65 bits per heavy atom. The highest BCUT2D eigenvalue weighted by atomic mass is 16.3. The second-order valence-electron chi connectivity index (χ2n) is 4.69. The number of hydrogen-bond donors (Lipinski definition) is 2. The smallest absolute Gasteiger partial charge is 0.160 e. The number of nitrogens with zero attached hydrogens (tertiary/aromatic N) is 2. The van der Waals surface area contributed by atoms with Crippen LogP contribution in [0.5, 0.6) is 0 Å². The molecule has 0 aliphatic carbocycles. The highest BCUT2D eigenvalue weighted by Gasteiger charge is 2.14. The molecule has 3 N–H and O–H groups in total. The van der Waals surface area contributed by atoms with Gasteiger partial charge < -0.3 is 10.8 Å². The Morgan fingerprint density at radius 1 is 0.950 bits per heavy atom. The van der Waals surface area contributed by atoms with E-state index in [0.29, 0.717) is 18.1 Å². The van der Waals surface area contributed by atoms with Crippen molar-refractivity contribution in [1.29, 1.82) is 0 Å². The van der Waals surface area contributed by atoms with Crippen molar-refractivity contribution in [3.05, 3.63) is 66.0 Å². The van der Waals surface area contributed by atoms with Crippen molar-refractivity contribution in [3.8, 4) is 0 Å². The Morgan fingerprint density at radius 3 is 2.45 bits per heavy atom. The lowest BCUT2D eigenvalue weighted by Crippen LogP contribution is -2.09. The molecule has 0 spiro atoms. The molecule has 0 radical (unpaired) electrons. The fourth-order valence-corrected chi connectivity index (χ4v) is 2.20. The van der Waals surface area contributed by atoms with E-state index in [1.54, 1.807) is 0 Å². The van der Waals surface area contributed by atoms with Crippen molar-refractivity contribution in [2.45, 2.75) is 12.5 Å². The summed E-state index contributed by atoms with van der Waals surface area (Å²) < 4.78 is 0. The van der Waals surface area contributed by atoms with E-state index in [0.717, 1.165) is 16.5 Å². The maximum absolute atomic E-state index is 10.3. The topological polar surface area (TPSA) is 72.0 Å². The van der Waals surface area contributed by atoms with Crippen LogP contribution in [0.4, 0.5) is 5.82 Å².